The van der Waals surface area contributed by atoms with Crippen molar-refractivity contribution in [2.75, 3.05) is 19.6 Å². The number of piperidine rings is 1. The molecule has 1 atom stereocenters. The van der Waals surface area contributed by atoms with Crippen LogP contribution >= 0.6 is 0 Å². The lowest BCUT2D eigenvalue weighted by molar-refractivity contribution is 0.155. The van der Waals surface area contributed by atoms with Crippen LogP contribution in [0, 0.1) is 5.92 Å². The molecule has 1 aromatic heterocycles. The van der Waals surface area contributed by atoms with Crippen molar-refractivity contribution < 1.29 is 0 Å². The first-order valence-corrected chi connectivity index (χ1v) is 7.95. The molecule has 1 N–H and O–H groups in total. The topological polar surface area (TPSA) is 33.1 Å². The average Bonchev–Trinajstić information content (AvgIpc) is 2.83. The summed E-state index contributed by atoms with van der Waals surface area (Å²) in [6.07, 6.45) is 6.66. The van der Waals surface area contributed by atoms with Gasteiger partial charge in [0.25, 0.3) is 0 Å². The Morgan fingerprint density at radius 1 is 1.40 bits per heavy atom. The second-order valence-electron chi connectivity index (χ2n) is 7.00. The molecule has 1 aliphatic rings. The molecule has 0 saturated carbocycles. The summed E-state index contributed by atoms with van der Waals surface area (Å²) in [5, 5.41) is 3.65. The van der Waals surface area contributed by atoms with E-state index in [0.29, 0.717) is 0 Å². The predicted octanol–water partition coefficient (Wildman–Crippen LogP) is 2.50. The number of aryl methyl sites for hydroxylation is 1. The molecule has 0 spiro atoms. The minimum atomic E-state index is 0.223. The molecular weight excluding hydrogens is 248 g/mol. The van der Waals surface area contributed by atoms with Crippen molar-refractivity contribution in [1.82, 2.24) is 19.8 Å². The zero-order chi connectivity index (χ0) is 14.6. The Balaban J connectivity index is 1.84. The number of aromatic nitrogens is 2. The number of rotatable bonds is 5. The largest absolute Gasteiger partial charge is 0.334 e. The summed E-state index contributed by atoms with van der Waals surface area (Å²) in [7, 11) is 0. The number of nitrogens with one attached hydrogen (secondary N) is 1. The summed E-state index contributed by atoms with van der Waals surface area (Å²) >= 11 is 0. The van der Waals surface area contributed by atoms with Gasteiger partial charge < -0.3 is 9.88 Å². The fourth-order valence-corrected chi connectivity index (χ4v) is 2.89. The summed E-state index contributed by atoms with van der Waals surface area (Å²) < 4.78 is 2.25. The molecule has 1 unspecified atom stereocenters. The van der Waals surface area contributed by atoms with E-state index in [-0.39, 0.29) is 5.54 Å². The van der Waals surface area contributed by atoms with E-state index in [9.17, 15) is 0 Å². The minimum Gasteiger partial charge on any atom is -0.334 e. The van der Waals surface area contributed by atoms with Gasteiger partial charge in [0, 0.05) is 31.0 Å². The van der Waals surface area contributed by atoms with Crippen LogP contribution in [0.25, 0.3) is 0 Å². The number of nitrogens with zero attached hydrogens (tertiary/aromatic N) is 3. The van der Waals surface area contributed by atoms with E-state index in [1.807, 2.05) is 6.20 Å². The van der Waals surface area contributed by atoms with Gasteiger partial charge in [-0.3, -0.25) is 4.90 Å². The average molecular weight is 278 g/mol. The van der Waals surface area contributed by atoms with Crippen molar-refractivity contribution in [3.05, 3.63) is 18.2 Å². The number of hydrogen-bond acceptors (Lipinski definition) is 3. The van der Waals surface area contributed by atoms with E-state index in [4.69, 9.17) is 0 Å². The lowest BCUT2D eigenvalue weighted by atomic mass is 9.96. The highest BCUT2D eigenvalue weighted by Crippen LogP contribution is 2.18. The lowest BCUT2D eigenvalue weighted by Crippen LogP contribution is -2.44. The number of hydrogen-bond donors (Lipinski definition) is 1. The van der Waals surface area contributed by atoms with Crippen LogP contribution < -0.4 is 5.32 Å². The quantitative estimate of drug-likeness (QED) is 0.898. The molecule has 2 rings (SSSR count). The molecule has 114 valence electrons. The molecule has 0 bridgehead atoms. The number of imidazole rings is 1. The zero-order valence-electron chi connectivity index (χ0n) is 13.5. The molecule has 0 aliphatic carbocycles. The van der Waals surface area contributed by atoms with Gasteiger partial charge in [-0.15, -0.1) is 0 Å². The third-order valence-electron chi connectivity index (χ3n) is 4.03. The van der Waals surface area contributed by atoms with E-state index in [1.165, 1.54) is 31.8 Å². The summed E-state index contributed by atoms with van der Waals surface area (Å²) in [5.41, 5.74) is 0.223. The standard InChI is InChI=1S/C16H30N4/c1-5-20-10-8-17-15(20)13-19-9-6-7-14(12-19)11-18-16(2,3)4/h8,10,14,18H,5-7,9,11-13H2,1-4H3. The molecule has 2 heterocycles. The first kappa shape index (κ1) is 15.5. The van der Waals surface area contributed by atoms with E-state index in [1.54, 1.807) is 0 Å². The minimum absolute atomic E-state index is 0.223. The Labute approximate surface area is 123 Å². The Kier molecular flexibility index (Phi) is 5.22. The maximum Gasteiger partial charge on any atom is 0.122 e. The van der Waals surface area contributed by atoms with Gasteiger partial charge >= 0.3 is 0 Å². The van der Waals surface area contributed by atoms with Gasteiger partial charge in [-0.05, 0) is 59.5 Å². The maximum atomic E-state index is 4.50. The van der Waals surface area contributed by atoms with Crippen molar-refractivity contribution in [2.45, 2.75) is 59.2 Å². The highest BCUT2D eigenvalue weighted by molar-refractivity contribution is 4.93. The summed E-state index contributed by atoms with van der Waals surface area (Å²) in [6.45, 7) is 14.4. The molecule has 1 aliphatic heterocycles. The first-order valence-electron chi connectivity index (χ1n) is 7.95. The van der Waals surface area contributed by atoms with Crippen LogP contribution in [0.1, 0.15) is 46.4 Å². The molecule has 1 saturated heterocycles. The molecular formula is C16H30N4. The Bertz CT molecular complexity index is 405. The molecule has 20 heavy (non-hydrogen) atoms. The van der Waals surface area contributed by atoms with Crippen molar-refractivity contribution in [3.63, 3.8) is 0 Å². The molecule has 0 amide bonds. The Morgan fingerprint density at radius 3 is 2.90 bits per heavy atom. The molecule has 1 fully saturated rings. The third kappa shape index (κ3) is 4.60. The van der Waals surface area contributed by atoms with Crippen molar-refractivity contribution >= 4 is 0 Å². The smallest absolute Gasteiger partial charge is 0.122 e. The second-order valence-corrected chi connectivity index (χ2v) is 7.00. The highest BCUT2D eigenvalue weighted by atomic mass is 15.2. The zero-order valence-corrected chi connectivity index (χ0v) is 13.5. The van der Waals surface area contributed by atoms with Crippen molar-refractivity contribution in [1.29, 1.82) is 0 Å². The first-order chi connectivity index (χ1) is 9.48. The fourth-order valence-electron chi connectivity index (χ4n) is 2.89. The second kappa shape index (κ2) is 6.72. The normalized spacial score (nSPS) is 21.3. The third-order valence-corrected chi connectivity index (χ3v) is 4.03. The van der Waals surface area contributed by atoms with Crippen molar-refractivity contribution in [3.8, 4) is 0 Å². The summed E-state index contributed by atoms with van der Waals surface area (Å²) in [6, 6.07) is 0. The van der Waals surface area contributed by atoms with Gasteiger partial charge in [-0.1, -0.05) is 0 Å². The van der Waals surface area contributed by atoms with Crippen LogP contribution in [0.5, 0.6) is 0 Å². The van der Waals surface area contributed by atoms with Crippen LogP contribution in [0.15, 0.2) is 12.4 Å². The predicted molar refractivity (Wildman–Crippen MR) is 83.7 cm³/mol. The van der Waals surface area contributed by atoms with Crippen LogP contribution in [0.4, 0.5) is 0 Å². The fraction of sp³-hybridized carbons (Fsp3) is 0.812. The molecule has 4 heteroatoms. The van der Waals surface area contributed by atoms with Gasteiger partial charge in [0.15, 0.2) is 0 Å². The van der Waals surface area contributed by atoms with Gasteiger partial charge in [-0.25, -0.2) is 4.98 Å². The van der Waals surface area contributed by atoms with Gasteiger partial charge in [0.1, 0.15) is 5.82 Å². The Morgan fingerprint density at radius 2 is 2.20 bits per heavy atom. The lowest BCUT2D eigenvalue weighted by Gasteiger charge is -2.34. The van der Waals surface area contributed by atoms with E-state index < -0.39 is 0 Å². The van der Waals surface area contributed by atoms with E-state index in [2.05, 4.69) is 53.7 Å². The summed E-state index contributed by atoms with van der Waals surface area (Å²) in [4.78, 5) is 7.06. The van der Waals surface area contributed by atoms with Gasteiger partial charge in [-0.2, -0.15) is 0 Å². The van der Waals surface area contributed by atoms with Crippen LogP contribution in [-0.2, 0) is 13.1 Å². The maximum absolute atomic E-state index is 4.50. The van der Waals surface area contributed by atoms with Crippen LogP contribution in [-0.4, -0.2) is 39.6 Å². The molecule has 1 aromatic rings. The highest BCUT2D eigenvalue weighted by Gasteiger charge is 2.22. The monoisotopic (exact) mass is 278 g/mol. The molecule has 0 radical (unpaired) electrons. The van der Waals surface area contributed by atoms with E-state index >= 15 is 0 Å². The van der Waals surface area contributed by atoms with Gasteiger partial charge in [0.2, 0.25) is 0 Å². The SMILES string of the molecule is CCn1ccnc1CN1CCCC(CNC(C)(C)C)C1. The summed E-state index contributed by atoms with van der Waals surface area (Å²) in [5.74, 6) is 1.98. The molecule has 0 aromatic carbocycles. The number of likely N-dealkylation sites (tertiary alicyclic amines) is 1. The van der Waals surface area contributed by atoms with Crippen LogP contribution in [0.2, 0.25) is 0 Å². The van der Waals surface area contributed by atoms with Gasteiger partial charge in [0.05, 0.1) is 6.54 Å². The molecule has 4 nitrogen and oxygen atoms in total. The van der Waals surface area contributed by atoms with Crippen LogP contribution in [0.3, 0.4) is 0 Å². The van der Waals surface area contributed by atoms with Crippen molar-refractivity contribution in [2.24, 2.45) is 5.92 Å². The Hall–Kier alpha value is -0.870. The van der Waals surface area contributed by atoms with E-state index in [0.717, 1.165) is 25.6 Å².